The van der Waals surface area contributed by atoms with Crippen LogP contribution in [0.4, 0.5) is 5.69 Å². The van der Waals surface area contributed by atoms with Crippen molar-refractivity contribution in [3.05, 3.63) is 72.3 Å². The predicted molar refractivity (Wildman–Crippen MR) is 115 cm³/mol. The highest BCUT2D eigenvalue weighted by molar-refractivity contribution is 7.89. The number of fused-ring (bicyclic) bond motifs is 1. The maximum absolute atomic E-state index is 12.6. The molecule has 0 unspecified atom stereocenters. The second-order valence-electron chi connectivity index (χ2n) is 7.28. The van der Waals surface area contributed by atoms with E-state index in [9.17, 15) is 8.42 Å². The lowest BCUT2D eigenvalue weighted by Gasteiger charge is -2.22. The standard InChI is InChI=1S/C23H24N2O2S/c26-28(27,25-21-10-2-1-3-11-21)22-15-13-20(14-16-22)24-17-19-9-6-8-18-7-4-5-12-23(18)19/h4-9,12-17,21,25H,1-3,10-11H2. The Bertz CT molecular complexity index is 1080. The summed E-state index contributed by atoms with van der Waals surface area (Å²) >= 11 is 0. The van der Waals surface area contributed by atoms with Gasteiger partial charge < -0.3 is 0 Å². The van der Waals surface area contributed by atoms with E-state index in [-0.39, 0.29) is 6.04 Å². The molecule has 0 bridgehead atoms. The average Bonchev–Trinajstić information content (AvgIpc) is 2.73. The summed E-state index contributed by atoms with van der Waals surface area (Å²) < 4.78 is 28.0. The highest BCUT2D eigenvalue weighted by atomic mass is 32.2. The summed E-state index contributed by atoms with van der Waals surface area (Å²) in [6, 6.07) is 21.1. The van der Waals surface area contributed by atoms with Gasteiger partial charge in [-0.3, -0.25) is 4.99 Å². The van der Waals surface area contributed by atoms with Gasteiger partial charge in [0.15, 0.2) is 0 Å². The summed E-state index contributed by atoms with van der Waals surface area (Å²) in [5, 5.41) is 2.31. The van der Waals surface area contributed by atoms with E-state index in [0.717, 1.165) is 42.3 Å². The van der Waals surface area contributed by atoms with E-state index in [2.05, 4.69) is 27.9 Å². The highest BCUT2D eigenvalue weighted by Gasteiger charge is 2.21. The van der Waals surface area contributed by atoms with E-state index in [1.165, 1.54) is 11.8 Å². The van der Waals surface area contributed by atoms with Crippen molar-refractivity contribution in [2.45, 2.75) is 43.0 Å². The van der Waals surface area contributed by atoms with E-state index in [1.807, 2.05) is 30.5 Å². The summed E-state index contributed by atoms with van der Waals surface area (Å²) in [5.41, 5.74) is 1.76. The van der Waals surface area contributed by atoms with Crippen molar-refractivity contribution < 1.29 is 8.42 Å². The lowest BCUT2D eigenvalue weighted by atomic mass is 9.96. The molecule has 1 aliphatic carbocycles. The van der Waals surface area contributed by atoms with Crippen LogP contribution >= 0.6 is 0 Å². The quantitative estimate of drug-likeness (QED) is 0.607. The molecule has 0 aliphatic heterocycles. The van der Waals surface area contributed by atoms with Crippen LogP contribution in [0.5, 0.6) is 0 Å². The van der Waals surface area contributed by atoms with E-state index in [0.29, 0.717) is 4.90 Å². The van der Waals surface area contributed by atoms with Crippen LogP contribution in [0.2, 0.25) is 0 Å². The van der Waals surface area contributed by atoms with E-state index in [4.69, 9.17) is 0 Å². The molecule has 3 aromatic rings. The second kappa shape index (κ2) is 8.25. The first-order valence-electron chi connectivity index (χ1n) is 9.76. The molecule has 0 spiro atoms. The van der Waals surface area contributed by atoms with Crippen LogP contribution in [-0.2, 0) is 10.0 Å². The molecule has 4 rings (SSSR count). The third-order valence-electron chi connectivity index (χ3n) is 5.25. The molecule has 144 valence electrons. The molecule has 1 fully saturated rings. The molecule has 4 nitrogen and oxygen atoms in total. The maximum Gasteiger partial charge on any atom is 0.240 e. The van der Waals surface area contributed by atoms with Crippen LogP contribution in [0.15, 0.2) is 76.6 Å². The van der Waals surface area contributed by atoms with Gasteiger partial charge in [-0.15, -0.1) is 0 Å². The van der Waals surface area contributed by atoms with Gasteiger partial charge in [-0.1, -0.05) is 61.7 Å². The zero-order valence-electron chi connectivity index (χ0n) is 15.7. The smallest absolute Gasteiger partial charge is 0.240 e. The van der Waals surface area contributed by atoms with Gasteiger partial charge in [-0.25, -0.2) is 13.1 Å². The number of benzene rings is 3. The Kier molecular flexibility index (Phi) is 5.55. The molecule has 0 aromatic heterocycles. The van der Waals surface area contributed by atoms with Crippen LogP contribution in [0.3, 0.4) is 0 Å². The van der Waals surface area contributed by atoms with Crippen molar-refractivity contribution in [1.29, 1.82) is 0 Å². The fraction of sp³-hybridized carbons (Fsp3) is 0.261. The van der Waals surface area contributed by atoms with Crippen LogP contribution in [0.25, 0.3) is 10.8 Å². The first-order valence-corrected chi connectivity index (χ1v) is 11.2. The Morgan fingerprint density at radius 2 is 1.57 bits per heavy atom. The Morgan fingerprint density at radius 1 is 0.857 bits per heavy atom. The van der Waals surface area contributed by atoms with Crippen molar-refractivity contribution in [1.82, 2.24) is 4.72 Å². The van der Waals surface area contributed by atoms with Crippen LogP contribution in [0, 0.1) is 0 Å². The van der Waals surface area contributed by atoms with Crippen LogP contribution in [0.1, 0.15) is 37.7 Å². The SMILES string of the molecule is O=S(=O)(NC1CCCCC1)c1ccc(N=Cc2cccc3ccccc23)cc1. The number of nitrogens with one attached hydrogen (secondary N) is 1. The summed E-state index contributed by atoms with van der Waals surface area (Å²) in [7, 11) is -3.47. The molecule has 0 atom stereocenters. The van der Waals surface area contributed by atoms with Crippen molar-refractivity contribution >= 4 is 32.7 Å². The third-order valence-corrected chi connectivity index (χ3v) is 6.79. The topological polar surface area (TPSA) is 58.5 Å². The highest BCUT2D eigenvalue weighted by Crippen LogP contribution is 2.22. The van der Waals surface area contributed by atoms with Crippen molar-refractivity contribution in [2.24, 2.45) is 4.99 Å². The number of aliphatic imine (C=N–C) groups is 1. The normalized spacial score (nSPS) is 16.0. The first-order chi connectivity index (χ1) is 13.6. The number of rotatable bonds is 5. The number of hydrogen-bond donors (Lipinski definition) is 1. The van der Waals surface area contributed by atoms with Gasteiger partial charge in [0.1, 0.15) is 0 Å². The number of sulfonamides is 1. The van der Waals surface area contributed by atoms with Gasteiger partial charge in [0.2, 0.25) is 10.0 Å². The molecule has 3 aromatic carbocycles. The summed E-state index contributed by atoms with van der Waals surface area (Å²) in [6.45, 7) is 0. The summed E-state index contributed by atoms with van der Waals surface area (Å²) in [4.78, 5) is 4.82. The van der Waals surface area contributed by atoms with Crippen LogP contribution in [-0.4, -0.2) is 20.7 Å². The molecule has 5 heteroatoms. The summed E-state index contributed by atoms with van der Waals surface area (Å²) in [6.07, 6.45) is 7.05. The Labute approximate surface area is 166 Å². The fourth-order valence-corrected chi connectivity index (χ4v) is 5.03. The van der Waals surface area contributed by atoms with E-state index >= 15 is 0 Å². The Hall–Kier alpha value is -2.50. The van der Waals surface area contributed by atoms with Gasteiger partial charge in [0.25, 0.3) is 0 Å². The molecule has 0 saturated heterocycles. The third kappa shape index (κ3) is 4.32. The molecule has 0 amide bonds. The number of nitrogens with zero attached hydrogens (tertiary/aromatic N) is 1. The van der Waals surface area contributed by atoms with E-state index < -0.39 is 10.0 Å². The van der Waals surface area contributed by atoms with Crippen molar-refractivity contribution in [3.8, 4) is 0 Å². The van der Waals surface area contributed by atoms with Gasteiger partial charge in [0, 0.05) is 17.8 Å². The molecule has 1 N–H and O–H groups in total. The van der Waals surface area contributed by atoms with Gasteiger partial charge in [-0.2, -0.15) is 0 Å². The van der Waals surface area contributed by atoms with Gasteiger partial charge >= 0.3 is 0 Å². The minimum Gasteiger partial charge on any atom is -0.256 e. The molecule has 0 heterocycles. The molecular formula is C23H24N2O2S. The van der Waals surface area contributed by atoms with Gasteiger partial charge in [-0.05, 0) is 47.9 Å². The monoisotopic (exact) mass is 392 g/mol. The van der Waals surface area contributed by atoms with Crippen molar-refractivity contribution in [2.75, 3.05) is 0 Å². The largest absolute Gasteiger partial charge is 0.256 e. The van der Waals surface area contributed by atoms with Crippen molar-refractivity contribution in [3.63, 3.8) is 0 Å². The second-order valence-corrected chi connectivity index (χ2v) is 8.99. The zero-order valence-corrected chi connectivity index (χ0v) is 16.5. The molecule has 0 radical (unpaired) electrons. The zero-order chi connectivity index (χ0) is 19.4. The maximum atomic E-state index is 12.6. The number of hydrogen-bond acceptors (Lipinski definition) is 3. The Balaban J connectivity index is 1.50. The minimum absolute atomic E-state index is 0.0582. The van der Waals surface area contributed by atoms with E-state index in [1.54, 1.807) is 24.3 Å². The molecule has 1 saturated carbocycles. The molecule has 1 aliphatic rings. The molecule has 28 heavy (non-hydrogen) atoms. The fourth-order valence-electron chi connectivity index (χ4n) is 3.73. The summed E-state index contributed by atoms with van der Waals surface area (Å²) in [5.74, 6) is 0. The average molecular weight is 393 g/mol. The molecular weight excluding hydrogens is 368 g/mol. The first kappa shape index (κ1) is 18.8. The lowest BCUT2D eigenvalue weighted by Crippen LogP contribution is -2.36. The van der Waals surface area contributed by atoms with Crippen LogP contribution < -0.4 is 4.72 Å². The lowest BCUT2D eigenvalue weighted by molar-refractivity contribution is 0.412. The Morgan fingerprint density at radius 3 is 2.36 bits per heavy atom. The van der Waals surface area contributed by atoms with Gasteiger partial charge in [0.05, 0.1) is 10.6 Å². The minimum atomic E-state index is -3.47. The predicted octanol–water partition coefficient (Wildman–Crippen LogP) is 5.20.